The van der Waals surface area contributed by atoms with E-state index in [0.717, 1.165) is 54.1 Å². The molecular formula is C25H34BrNO4S. The van der Waals surface area contributed by atoms with Crippen molar-refractivity contribution in [2.45, 2.75) is 69.7 Å². The van der Waals surface area contributed by atoms with Crippen molar-refractivity contribution >= 4 is 31.9 Å². The van der Waals surface area contributed by atoms with Crippen LogP contribution in [0.3, 0.4) is 0 Å². The molecule has 2 rings (SSSR count). The number of sulfonamides is 1. The Morgan fingerprint density at radius 1 is 0.969 bits per heavy atom. The zero-order valence-corrected chi connectivity index (χ0v) is 21.5. The molecule has 0 aliphatic rings. The van der Waals surface area contributed by atoms with Gasteiger partial charge in [0.1, 0.15) is 0 Å². The van der Waals surface area contributed by atoms with Crippen LogP contribution in [0.5, 0.6) is 0 Å². The lowest BCUT2D eigenvalue weighted by Crippen LogP contribution is -2.28. The number of carbonyl (C=O) groups is 1. The molecule has 32 heavy (non-hydrogen) atoms. The highest BCUT2D eigenvalue weighted by molar-refractivity contribution is 9.10. The van der Waals surface area contributed by atoms with E-state index in [-0.39, 0.29) is 16.9 Å². The van der Waals surface area contributed by atoms with Gasteiger partial charge in [-0.1, -0.05) is 73.3 Å². The maximum Gasteiger partial charge on any atom is 0.305 e. The number of ether oxygens (including phenoxy) is 1. The second kappa shape index (κ2) is 13.1. The fourth-order valence-electron chi connectivity index (χ4n) is 3.52. The summed E-state index contributed by atoms with van der Waals surface area (Å²) in [4.78, 5) is 11.5. The number of unbranched alkanes of at least 4 members (excludes halogenated alkanes) is 1. The van der Waals surface area contributed by atoms with Crippen molar-refractivity contribution < 1.29 is 17.9 Å². The molecule has 0 aliphatic carbocycles. The van der Waals surface area contributed by atoms with Crippen LogP contribution in [0.2, 0.25) is 0 Å². The van der Waals surface area contributed by atoms with Gasteiger partial charge in [-0.25, -0.2) is 13.1 Å². The number of carbonyl (C=O) groups excluding carboxylic acids is 1. The van der Waals surface area contributed by atoms with Crippen LogP contribution in [-0.2, 0) is 26.0 Å². The molecule has 0 saturated heterocycles. The van der Waals surface area contributed by atoms with Crippen LogP contribution in [0, 0.1) is 5.92 Å². The number of rotatable bonds is 13. The Labute approximate surface area is 201 Å². The average molecular weight is 525 g/mol. The van der Waals surface area contributed by atoms with Gasteiger partial charge in [0.15, 0.2) is 0 Å². The lowest BCUT2D eigenvalue weighted by atomic mass is 9.97. The molecular weight excluding hydrogens is 490 g/mol. The number of benzene rings is 2. The highest BCUT2D eigenvalue weighted by atomic mass is 79.9. The summed E-state index contributed by atoms with van der Waals surface area (Å²) in [6, 6.07) is 14.4. The Kier molecular flexibility index (Phi) is 10.9. The summed E-state index contributed by atoms with van der Waals surface area (Å²) in [6.07, 6.45) is 5.78. The van der Waals surface area contributed by atoms with Crippen molar-refractivity contribution in [2.24, 2.45) is 5.92 Å². The molecule has 2 aromatic carbocycles. The van der Waals surface area contributed by atoms with E-state index in [1.54, 1.807) is 24.3 Å². The first-order valence-electron chi connectivity index (χ1n) is 11.1. The minimum Gasteiger partial charge on any atom is -0.469 e. The summed E-state index contributed by atoms with van der Waals surface area (Å²) in [5.74, 6) is 0.433. The second-order valence-electron chi connectivity index (χ2n) is 8.48. The number of methoxy groups -OCH3 is 1. The van der Waals surface area contributed by atoms with Crippen LogP contribution < -0.4 is 4.72 Å². The molecule has 0 fully saturated rings. The minimum atomic E-state index is -3.64. The number of hydrogen-bond acceptors (Lipinski definition) is 4. The third kappa shape index (κ3) is 9.04. The number of esters is 1. The van der Waals surface area contributed by atoms with E-state index in [1.165, 1.54) is 7.11 Å². The second-order valence-corrected chi connectivity index (χ2v) is 11.1. The summed E-state index contributed by atoms with van der Waals surface area (Å²) in [7, 11) is -2.24. The van der Waals surface area contributed by atoms with Gasteiger partial charge < -0.3 is 4.74 Å². The molecule has 0 radical (unpaired) electrons. The first-order chi connectivity index (χ1) is 15.2. The zero-order valence-electron chi connectivity index (χ0n) is 19.1. The third-order valence-corrected chi connectivity index (χ3v) is 7.42. The molecule has 2 aromatic rings. The molecule has 176 valence electrons. The van der Waals surface area contributed by atoms with Crippen LogP contribution >= 0.6 is 15.9 Å². The monoisotopic (exact) mass is 523 g/mol. The normalized spacial score (nSPS) is 12.7. The molecule has 7 heteroatoms. The van der Waals surface area contributed by atoms with E-state index in [0.29, 0.717) is 12.3 Å². The van der Waals surface area contributed by atoms with E-state index in [4.69, 9.17) is 0 Å². The number of nitrogens with one attached hydrogen (secondary N) is 1. The Bertz CT molecular complexity index is 941. The molecule has 0 spiro atoms. The summed E-state index contributed by atoms with van der Waals surface area (Å²) < 4.78 is 34.4. The fourth-order valence-corrected chi connectivity index (χ4v) is 5.04. The molecule has 1 N–H and O–H groups in total. The number of halogens is 1. The number of hydrogen-bond donors (Lipinski definition) is 1. The highest BCUT2D eigenvalue weighted by Gasteiger charge is 2.21. The standard InChI is InChI=1S/C25H34BrNO4S/c1-19(2)7-4-5-9-24(27-32(29,30)23-17-15-22(26)16-18-23)21-13-11-20(12-14-21)8-6-10-25(28)31-3/h11-19,24,27H,4-10H2,1-3H3. The van der Waals surface area contributed by atoms with Gasteiger partial charge >= 0.3 is 5.97 Å². The Morgan fingerprint density at radius 2 is 1.59 bits per heavy atom. The average Bonchev–Trinajstić information content (AvgIpc) is 2.76. The van der Waals surface area contributed by atoms with Gasteiger partial charge in [-0.15, -0.1) is 0 Å². The van der Waals surface area contributed by atoms with Crippen LogP contribution in [0.25, 0.3) is 0 Å². The number of aryl methyl sites for hydroxylation is 1. The predicted molar refractivity (Wildman–Crippen MR) is 132 cm³/mol. The van der Waals surface area contributed by atoms with Gasteiger partial charge in [-0.05, 0) is 60.6 Å². The molecule has 0 saturated carbocycles. The van der Waals surface area contributed by atoms with E-state index in [2.05, 4.69) is 39.2 Å². The maximum atomic E-state index is 13.0. The minimum absolute atomic E-state index is 0.203. The van der Waals surface area contributed by atoms with E-state index in [1.807, 2.05) is 24.3 Å². The van der Waals surface area contributed by atoms with Crippen LogP contribution in [0.15, 0.2) is 57.9 Å². The Hall–Kier alpha value is -1.70. The fraction of sp³-hybridized carbons (Fsp3) is 0.480. The van der Waals surface area contributed by atoms with E-state index in [9.17, 15) is 13.2 Å². The van der Waals surface area contributed by atoms with Crippen molar-refractivity contribution in [3.05, 3.63) is 64.1 Å². The first kappa shape index (κ1) is 26.6. The van der Waals surface area contributed by atoms with Gasteiger partial charge in [0.2, 0.25) is 10.0 Å². The van der Waals surface area contributed by atoms with Gasteiger partial charge in [0, 0.05) is 16.9 Å². The lowest BCUT2D eigenvalue weighted by molar-refractivity contribution is -0.140. The topological polar surface area (TPSA) is 72.5 Å². The highest BCUT2D eigenvalue weighted by Crippen LogP contribution is 2.25. The molecule has 1 unspecified atom stereocenters. The Morgan fingerprint density at radius 3 is 2.19 bits per heavy atom. The summed E-state index contributed by atoms with van der Waals surface area (Å²) >= 11 is 3.35. The van der Waals surface area contributed by atoms with Gasteiger partial charge in [-0.2, -0.15) is 0 Å². The molecule has 1 atom stereocenters. The van der Waals surface area contributed by atoms with Crippen LogP contribution in [0.4, 0.5) is 0 Å². The molecule has 0 heterocycles. The maximum absolute atomic E-state index is 13.0. The van der Waals surface area contributed by atoms with Gasteiger partial charge in [0.25, 0.3) is 0 Å². The van der Waals surface area contributed by atoms with Crippen LogP contribution in [-0.4, -0.2) is 21.5 Å². The van der Waals surface area contributed by atoms with E-state index < -0.39 is 10.0 Å². The molecule has 0 aromatic heterocycles. The molecule has 0 bridgehead atoms. The SMILES string of the molecule is COC(=O)CCCc1ccc(C(CCCCC(C)C)NS(=O)(=O)c2ccc(Br)cc2)cc1. The van der Waals surface area contributed by atoms with Gasteiger partial charge in [0.05, 0.1) is 12.0 Å². The zero-order chi connectivity index (χ0) is 23.6. The summed E-state index contributed by atoms with van der Waals surface area (Å²) in [5, 5.41) is 0. The quantitative estimate of drug-likeness (QED) is 0.251. The molecule has 0 aliphatic heterocycles. The first-order valence-corrected chi connectivity index (χ1v) is 13.4. The molecule has 5 nitrogen and oxygen atoms in total. The summed E-state index contributed by atoms with van der Waals surface area (Å²) in [6.45, 7) is 4.40. The van der Waals surface area contributed by atoms with Crippen molar-refractivity contribution in [2.75, 3.05) is 7.11 Å². The predicted octanol–water partition coefficient (Wildman–Crippen LogP) is 6.18. The van der Waals surface area contributed by atoms with Crippen molar-refractivity contribution in [3.8, 4) is 0 Å². The van der Waals surface area contributed by atoms with E-state index >= 15 is 0 Å². The summed E-state index contributed by atoms with van der Waals surface area (Å²) in [5.41, 5.74) is 2.07. The Balaban J connectivity index is 2.11. The van der Waals surface area contributed by atoms with Crippen LogP contribution in [0.1, 0.15) is 69.5 Å². The smallest absolute Gasteiger partial charge is 0.305 e. The molecule has 0 amide bonds. The largest absolute Gasteiger partial charge is 0.469 e. The van der Waals surface area contributed by atoms with Gasteiger partial charge in [-0.3, -0.25) is 4.79 Å². The lowest BCUT2D eigenvalue weighted by Gasteiger charge is -2.20. The van der Waals surface area contributed by atoms with Crippen molar-refractivity contribution in [1.29, 1.82) is 0 Å². The van der Waals surface area contributed by atoms with Crippen molar-refractivity contribution in [1.82, 2.24) is 4.72 Å². The third-order valence-electron chi connectivity index (χ3n) is 5.40. The van der Waals surface area contributed by atoms with Crippen molar-refractivity contribution in [3.63, 3.8) is 0 Å².